The fourth-order valence-electron chi connectivity index (χ4n) is 2.93. The van der Waals surface area contributed by atoms with Gasteiger partial charge in [0.1, 0.15) is 4.90 Å². The molecule has 0 spiro atoms. The summed E-state index contributed by atoms with van der Waals surface area (Å²) in [5.41, 5.74) is 6.19. The Morgan fingerprint density at radius 3 is 2.34 bits per heavy atom. The minimum Gasteiger partial charge on any atom is -0.380 e. The van der Waals surface area contributed by atoms with Gasteiger partial charge in [-0.2, -0.15) is 4.31 Å². The topological polar surface area (TPSA) is 102 Å². The number of oxime groups is 1. The smallest absolute Gasteiger partial charge is 0.367 e. The molecule has 7 nitrogen and oxygen atoms in total. The molecule has 0 bridgehead atoms. The molecular weight excluding hydrogens is 437 g/mol. The van der Waals surface area contributed by atoms with E-state index < -0.39 is 16.0 Å². The van der Waals surface area contributed by atoms with Crippen LogP contribution in [0.1, 0.15) is 35.2 Å². The van der Waals surface area contributed by atoms with Crippen LogP contribution in [0.15, 0.2) is 52.5 Å². The summed E-state index contributed by atoms with van der Waals surface area (Å²) in [6, 6.07) is 11.0. The molecule has 2 aromatic carbocycles. The van der Waals surface area contributed by atoms with Crippen LogP contribution in [0.5, 0.6) is 0 Å². The lowest BCUT2D eigenvalue weighted by Gasteiger charge is -2.26. The Kier molecular flexibility index (Phi) is 6.79. The second kappa shape index (κ2) is 9.13. The van der Waals surface area contributed by atoms with Crippen LogP contribution in [0.2, 0.25) is 10.0 Å². The molecular formula is C19H19Cl2N3O4S. The third kappa shape index (κ3) is 4.90. The first-order chi connectivity index (χ1) is 13.8. The van der Waals surface area contributed by atoms with Crippen LogP contribution in [-0.2, 0) is 14.9 Å². The van der Waals surface area contributed by atoms with E-state index in [9.17, 15) is 13.2 Å². The lowest BCUT2D eigenvalue weighted by Crippen LogP contribution is -2.35. The van der Waals surface area contributed by atoms with Crippen LogP contribution in [0.4, 0.5) is 0 Å². The fraction of sp³-hybridized carbons (Fsp3) is 0.263. The van der Waals surface area contributed by atoms with Crippen LogP contribution in [0.25, 0.3) is 0 Å². The van der Waals surface area contributed by atoms with Crippen LogP contribution >= 0.6 is 23.2 Å². The van der Waals surface area contributed by atoms with Crippen molar-refractivity contribution in [2.45, 2.75) is 24.2 Å². The highest BCUT2D eigenvalue weighted by Gasteiger charge is 2.30. The van der Waals surface area contributed by atoms with Gasteiger partial charge in [-0.15, -0.1) is 0 Å². The number of halogens is 2. The van der Waals surface area contributed by atoms with Crippen molar-refractivity contribution in [1.29, 1.82) is 0 Å². The number of nitrogens with two attached hydrogens (primary N) is 1. The number of carbonyl (C=O) groups is 1. The summed E-state index contributed by atoms with van der Waals surface area (Å²) in [4.78, 5) is 17.1. The highest BCUT2D eigenvalue weighted by molar-refractivity contribution is 7.89. The van der Waals surface area contributed by atoms with Gasteiger partial charge in [0, 0.05) is 18.7 Å². The van der Waals surface area contributed by atoms with Crippen molar-refractivity contribution >= 4 is 45.0 Å². The molecule has 154 valence electrons. The van der Waals surface area contributed by atoms with Gasteiger partial charge in [0.25, 0.3) is 0 Å². The normalized spacial score (nSPS) is 15.9. The van der Waals surface area contributed by atoms with Gasteiger partial charge in [-0.25, -0.2) is 13.2 Å². The molecule has 0 radical (unpaired) electrons. The Hall–Kier alpha value is -2.13. The molecule has 1 fully saturated rings. The molecule has 0 atom stereocenters. The van der Waals surface area contributed by atoms with Gasteiger partial charge < -0.3 is 10.6 Å². The van der Waals surface area contributed by atoms with E-state index in [1.807, 2.05) is 0 Å². The first kappa shape index (κ1) is 21.6. The highest BCUT2D eigenvalue weighted by Crippen LogP contribution is 2.32. The Morgan fingerprint density at radius 1 is 1.03 bits per heavy atom. The molecule has 2 aromatic rings. The number of hydrogen-bond donors (Lipinski definition) is 1. The summed E-state index contributed by atoms with van der Waals surface area (Å²) in [6.45, 7) is 0.804. The molecule has 0 unspecified atom stereocenters. The summed E-state index contributed by atoms with van der Waals surface area (Å²) in [5.74, 6) is -0.953. The van der Waals surface area contributed by atoms with Gasteiger partial charge in [0.05, 0.1) is 15.6 Å². The zero-order valence-corrected chi connectivity index (χ0v) is 17.7. The summed E-state index contributed by atoms with van der Waals surface area (Å²) in [5, 5.41) is 3.49. The van der Waals surface area contributed by atoms with Crippen molar-refractivity contribution in [3.63, 3.8) is 0 Å². The van der Waals surface area contributed by atoms with E-state index in [4.69, 9.17) is 33.8 Å². The van der Waals surface area contributed by atoms with Gasteiger partial charge in [0.15, 0.2) is 5.84 Å². The molecule has 0 saturated carbocycles. The molecule has 2 N–H and O–H groups in total. The Bertz CT molecular complexity index is 1040. The summed E-state index contributed by atoms with van der Waals surface area (Å²) in [6.07, 6.45) is 2.51. The minimum atomic E-state index is -3.87. The predicted molar refractivity (Wildman–Crippen MR) is 112 cm³/mol. The molecule has 0 aliphatic carbocycles. The highest BCUT2D eigenvalue weighted by atomic mass is 35.5. The molecule has 3 rings (SSSR count). The third-order valence-electron chi connectivity index (χ3n) is 4.47. The zero-order valence-electron chi connectivity index (χ0n) is 15.3. The molecule has 1 saturated heterocycles. The van der Waals surface area contributed by atoms with Crippen molar-refractivity contribution in [3.8, 4) is 0 Å². The average molecular weight is 456 g/mol. The molecule has 29 heavy (non-hydrogen) atoms. The SMILES string of the molecule is N/C(=N\OC(=O)c1cc(S(=O)(=O)N2CCCCC2)c(Cl)cc1Cl)c1ccccc1. The first-order valence-electron chi connectivity index (χ1n) is 8.90. The van der Waals surface area contributed by atoms with Crippen molar-refractivity contribution in [1.82, 2.24) is 4.31 Å². The maximum Gasteiger partial charge on any atom is 0.367 e. The molecule has 10 heteroatoms. The molecule has 0 amide bonds. The van der Waals surface area contributed by atoms with Crippen LogP contribution in [0, 0.1) is 0 Å². The second-order valence-electron chi connectivity index (χ2n) is 6.45. The Balaban J connectivity index is 1.88. The van der Waals surface area contributed by atoms with Gasteiger partial charge in [-0.05, 0) is 25.0 Å². The van der Waals surface area contributed by atoms with E-state index in [1.54, 1.807) is 30.3 Å². The standard InChI is InChI=1S/C19H19Cl2N3O4S/c20-15-12-16(21)17(29(26,27)24-9-5-2-6-10-24)11-14(15)19(25)28-23-18(22)13-7-3-1-4-8-13/h1,3-4,7-8,11-12H,2,5-6,9-10H2,(H2,22,23). The van der Waals surface area contributed by atoms with Gasteiger partial charge in [-0.3, -0.25) is 0 Å². The monoisotopic (exact) mass is 455 g/mol. The van der Waals surface area contributed by atoms with Crippen molar-refractivity contribution in [3.05, 3.63) is 63.6 Å². The molecule has 1 aliphatic rings. The van der Waals surface area contributed by atoms with E-state index in [2.05, 4.69) is 5.16 Å². The summed E-state index contributed by atoms with van der Waals surface area (Å²) >= 11 is 12.2. The van der Waals surface area contributed by atoms with Crippen LogP contribution in [-0.4, -0.2) is 37.6 Å². The summed E-state index contributed by atoms with van der Waals surface area (Å²) < 4.78 is 27.2. The Morgan fingerprint density at radius 2 is 1.69 bits per heavy atom. The lowest BCUT2D eigenvalue weighted by atomic mass is 10.2. The maximum atomic E-state index is 12.9. The van der Waals surface area contributed by atoms with Gasteiger partial charge in [-0.1, -0.05) is 65.1 Å². The van der Waals surface area contributed by atoms with E-state index in [1.165, 1.54) is 10.4 Å². The number of amidine groups is 1. The third-order valence-corrected chi connectivity index (χ3v) is 7.15. The largest absolute Gasteiger partial charge is 0.380 e. The zero-order chi connectivity index (χ0) is 21.0. The van der Waals surface area contributed by atoms with Crippen molar-refractivity contribution < 1.29 is 18.0 Å². The minimum absolute atomic E-state index is 0.00908. The lowest BCUT2D eigenvalue weighted by molar-refractivity contribution is 0.0516. The first-order valence-corrected chi connectivity index (χ1v) is 11.1. The van der Waals surface area contributed by atoms with Crippen LogP contribution in [0.3, 0.4) is 0 Å². The molecule has 1 heterocycles. The fourth-order valence-corrected chi connectivity index (χ4v) is 5.27. The number of rotatable bonds is 5. The number of carbonyl (C=O) groups excluding carboxylic acids is 1. The quantitative estimate of drug-likeness (QED) is 0.320. The van der Waals surface area contributed by atoms with Gasteiger partial charge in [0.2, 0.25) is 10.0 Å². The van der Waals surface area contributed by atoms with E-state index >= 15 is 0 Å². The number of sulfonamides is 1. The number of hydrogen-bond acceptors (Lipinski definition) is 5. The number of benzene rings is 2. The predicted octanol–water partition coefficient (Wildman–Crippen LogP) is 3.65. The number of piperidine rings is 1. The van der Waals surface area contributed by atoms with E-state index in [-0.39, 0.29) is 26.3 Å². The van der Waals surface area contributed by atoms with E-state index in [0.717, 1.165) is 25.3 Å². The van der Waals surface area contributed by atoms with Crippen LogP contribution < -0.4 is 5.73 Å². The number of nitrogens with zero attached hydrogens (tertiary/aromatic N) is 2. The summed E-state index contributed by atoms with van der Waals surface area (Å²) in [7, 11) is -3.87. The van der Waals surface area contributed by atoms with Gasteiger partial charge >= 0.3 is 5.97 Å². The van der Waals surface area contributed by atoms with E-state index in [0.29, 0.717) is 18.7 Å². The Labute approximate surface area is 179 Å². The molecule has 1 aliphatic heterocycles. The molecule has 0 aromatic heterocycles. The van der Waals surface area contributed by atoms with Crippen molar-refractivity contribution in [2.24, 2.45) is 10.9 Å². The second-order valence-corrected chi connectivity index (χ2v) is 9.17. The maximum absolute atomic E-state index is 12.9. The average Bonchev–Trinajstić information content (AvgIpc) is 2.73. The van der Waals surface area contributed by atoms with Crippen molar-refractivity contribution in [2.75, 3.05) is 13.1 Å².